The first-order valence-electron chi connectivity index (χ1n) is 10.0. The molecule has 2 heterocycles. The van der Waals surface area contributed by atoms with Gasteiger partial charge < -0.3 is 15.2 Å². The van der Waals surface area contributed by atoms with E-state index in [1.165, 1.54) is 18.0 Å². The minimum atomic E-state index is -0.742. The van der Waals surface area contributed by atoms with Crippen molar-refractivity contribution in [3.05, 3.63) is 76.3 Å². The van der Waals surface area contributed by atoms with Crippen molar-refractivity contribution in [3.63, 3.8) is 0 Å². The fourth-order valence-electron chi connectivity index (χ4n) is 3.26. The number of fused-ring (bicyclic) bond motifs is 1. The van der Waals surface area contributed by atoms with Crippen LogP contribution in [0.3, 0.4) is 0 Å². The number of thioether (sulfide) groups is 1. The molecule has 1 amide bonds. The molecule has 1 atom stereocenters. The summed E-state index contributed by atoms with van der Waals surface area (Å²) in [4.78, 5) is 21.6. The van der Waals surface area contributed by atoms with Crippen LogP contribution in [0, 0.1) is 11.3 Å². The molecule has 1 saturated heterocycles. The Morgan fingerprint density at radius 3 is 2.88 bits per heavy atom. The predicted molar refractivity (Wildman–Crippen MR) is 125 cm³/mol. The summed E-state index contributed by atoms with van der Waals surface area (Å²) in [6.45, 7) is 2.43. The first kappa shape index (κ1) is 21.6. The number of pyridine rings is 1. The zero-order valence-electron chi connectivity index (χ0n) is 17.3. The number of nitrogens with zero attached hydrogens (tertiary/aromatic N) is 3. The second-order valence-corrected chi connectivity index (χ2v) is 7.99. The van der Waals surface area contributed by atoms with Gasteiger partial charge in [-0.3, -0.25) is 14.8 Å². The van der Waals surface area contributed by atoms with Crippen LogP contribution in [0.2, 0.25) is 0 Å². The molecule has 160 valence electrons. The van der Waals surface area contributed by atoms with Crippen molar-refractivity contribution in [1.29, 1.82) is 5.26 Å². The van der Waals surface area contributed by atoms with E-state index in [4.69, 9.17) is 4.74 Å². The van der Waals surface area contributed by atoms with Crippen molar-refractivity contribution >= 4 is 39.8 Å². The van der Waals surface area contributed by atoms with Crippen molar-refractivity contribution in [2.24, 2.45) is 4.99 Å². The quantitative estimate of drug-likeness (QED) is 0.560. The maximum Gasteiger partial charge on any atom is 0.264 e. The Hall–Kier alpha value is -3.67. The molecule has 1 aromatic heterocycles. The topological polar surface area (TPSA) is 108 Å². The summed E-state index contributed by atoms with van der Waals surface area (Å²) in [6, 6.07) is 16.9. The standard InChI is InChI=1S/C24H20N4O3S/c1-2-31-22-17(12-25)13-26-19-9-8-15(10-18(19)22)11-21-23(30)28-24(32-21)27-14-20(29)16-6-4-3-5-7-16/h3-11,13,20,29H,2,14H2,1H3,(H,27,28,30)/b21-11-/t20-/m1/s1. The van der Waals surface area contributed by atoms with Crippen LogP contribution in [-0.2, 0) is 4.79 Å². The first-order valence-corrected chi connectivity index (χ1v) is 10.8. The summed E-state index contributed by atoms with van der Waals surface area (Å²) >= 11 is 1.22. The highest BCUT2D eigenvalue weighted by molar-refractivity contribution is 8.18. The van der Waals surface area contributed by atoms with Crippen LogP contribution in [-0.4, -0.2) is 34.3 Å². The maximum absolute atomic E-state index is 12.4. The Balaban J connectivity index is 1.56. The second kappa shape index (κ2) is 9.64. The molecular formula is C24H20N4O3S. The largest absolute Gasteiger partial charge is 0.492 e. The number of nitriles is 1. The zero-order chi connectivity index (χ0) is 22.5. The Labute approximate surface area is 189 Å². The lowest BCUT2D eigenvalue weighted by Gasteiger charge is -2.09. The zero-order valence-corrected chi connectivity index (χ0v) is 18.1. The Morgan fingerprint density at radius 2 is 2.12 bits per heavy atom. The summed E-state index contributed by atoms with van der Waals surface area (Å²) in [7, 11) is 0. The Bertz CT molecular complexity index is 1270. The molecule has 0 radical (unpaired) electrons. The third-order valence-corrected chi connectivity index (χ3v) is 5.74. The van der Waals surface area contributed by atoms with Crippen LogP contribution < -0.4 is 10.1 Å². The van der Waals surface area contributed by atoms with Crippen LogP contribution in [0.4, 0.5) is 0 Å². The van der Waals surface area contributed by atoms with Crippen LogP contribution in [0.25, 0.3) is 17.0 Å². The first-order chi connectivity index (χ1) is 15.6. The molecule has 2 N–H and O–H groups in total. The minimum Gasteiger partial charge on any atom is -0.492 e. The van der Waals surface area contributed by atoms with Crippen LogP contribution >= 0.6 is 11.8 Å². The smallest absolute Gasteiger partial charge is 0.264 e. The lowest BCUT2D eigenvalue weighted by atomic mass is 10.1. The number of carbonyl (C=O) groups is 1. The highest BCUT2D eigenvalue weighted by atomic mass is 32.2. The molecule has 3 aromatic rings. The Morgan fingerprint density at radius 1 is 1.31 bits per heavy atom. The molecule has 7 nitrogen and oxygen atoms in total. The number of hydrogen-bond acceptors (Lipinski definition) is 7. The van der Waals surface area contributed by atoms with Gasteiger partial charge in [-0.15, -0.1) is 0 Å². The number of amidine groups is 1. The van der Waals surface area contributed by atoms with E-state index >= 15 is 0 Å². The van der Waals surface area contributed by atoms with Gasteiger partial charge in [-0.2, -0.15) is 5.26 Å². The summed E-state index contributed by atoms with van der Waals surface area (Å²) in [6.07, 6.45) is 2.51. The molecule has 8 heteroatoms. The van der Waals surface area contributed by atoms with Gasteiger partial charge in [-0.1, -0.05) is 36.4 Å². The maximum atomic E-state index is 12.4. The van der Waals surface area contributed by atoms with Crippen LogP contribution in [0.15, 0.2) is 64.6 Å². The fourth-order valence-corrected chi connectivity index (χ4v) is 4.09. The summed E-state index contributed by atoms with van der Waals surface area (Å²) in [5.41, 5.74) is 2.62. The number of carbonyl (C=O) groups excluding carboxylic acids is 1. The van der Waals surface area contributed by atoms with Gasteiger partial charge in [0.05, 0.1) is 29.7 Å². The van der Waals surface area contributed by atoms with E-state index in [0.717, 1.165) is 11.1 Å². The molecule has 1 aliphatic heterocycles. The van der Waals surface area contributed by atoms with Crippen molar-refractivity contribution in [1.82, 2.24) is 10.3 Å². The second-order valence-electron chi connectivity index (χ2n) is 6.96. The van der Waals surface area contributed by atoms with E-state index in [9.17, 15) is 15.2 Å². The van der Waals surface area contributed by atoms with Crippen molar-refractivity contribution in [2.75, 3.05) is 13.2 Å². The summed E-state index contributed by atoms with van der Waals surface area (Å²) in [5, 5.41) is 23.5. The summed E-state index contributed by atoms with van der Waals surface area (Å²) < 4.78 is 5.68. The number of ether oxygens (including phenoxy) is 1. The average molecular weight is 445 g/mol. The number of hydrogen-bond donors (Lipinski definition) is 2. The normalized spacial score (nSPS) is 16.8. The van der Waals surface area contributed by atoms with Gasteiger partial charge in [0.25, 0.3) is 5.91 Å². The lowest BCUT2D eigenvalue weighted by molar-refractivity contribution is -0.115. The van der Waals surface area contributed by atoms with E-state index in [0.29, 0.717) is 38.9 Å². The molecule has 1 aliphatic rings. The number of amides is 1. The molecular weight excluding hydrogens is 424 g/mol. The summed E-state index contributed by atoms with van der Waals surface area (Å²) in [5.74, 6) is 0.234. The number of nitrogens with one attached hydrogen (secondary N) is 1. The number of aliphatic imine (C=N–C) groups is 1. The van der Waals surface area contributed by atoms with Crippen molar-refractivity contribution in [3.8, 4) is 11.8 Å². The molecule has 0 unspecified atom stereocenters. The number of aliphatic hydroxyl groups is 1. The monoisotopic (exact) mass is 444 g/mol. The third kappa shape index (κ3) is 4.64. The molecule has 0 spiro atoms. The molecule has 0 bridgehead atoms. The number of aliphatic hydroxyl groups excluding tert-OH is 1. The number of benzene rings is 2. The number of rotatable bonds is 6. The third-order valence-electron chi connectivity index (χ3n) is 4.79. The molecule has 1 fully saturated rings. The molecule has 0 aliphatic carbocycles. The molecule has 0 saturated carbocycles. The van der Waals surface area contributed by atoms with Gasteiger partial charge in [-0.05, 0) is 48.0 Å². The van der Waals surface area contributed by atoms with E-state index < -0.39 is 6.10 Å². The van der Waals surface area contributed by atoms with Crippen LogP contribution in [0.1, 0.15) is 29.7 Å². The van der Waals surface area contributed by atoms with Gasteiger partial charge in [-0.25, -0.2) is 0 Å². The fraction of sp³-hybridized carbons (Fsp3) is 0.167. The lowest BCUT2D eigenvalue weighted by Crippen LogP contribution is -2.20. The van der Waals surface area contributed by atoms with E-state index in [1.54, 1.807) is 6.08 Å². The predicted octanol–water partition coefficient (Wildman–Crippen LogP) is 3.80. The van der Waals surface area contributed by atoms with Gasteiger partial charge in [0.1, 0.15) is 17.4 Å². The minimum absolute atomic E-state index is 0.149. The highest BCUT2D eigenvalue weighted by Gasteiger charge is 2.24. The average Bonchev–Trinajstić information content (AvgIpc) is 3.17. The SMILES string of the molecule is CCOc1c(C#N)cnc2ccc(/C=C3\SC(=NC[C@@H](O)c4ccccc4)NC3=O)cc12. The molecule has 4 rings (SSSR count). The van der Waals surface area contributed by atoms with E-state index in [-0.39, 0.29) is 12.5 Å². The van der Waals surface area contributed by atoms with E-state index in [1.807, 2.05) is 55.5 Å². The molecule has 2 aromatic carbocycles. The van der Waals surface area contributed by atoms with Gasteiger partial charge in [0.2, 0.25) is 0 Å². The molecule has 32 heavy (non-hydrogen) atoms. The van der Waals surface area contributed by atoms with Crippen molar-refractivity contribution in [2.45, 2.75) is 13.0 Å². The van der Waals surface area contributed by atoms with Crippen molar-refractivity contribution < 1.29 is 14.6 Å². The highest BCUT2D eigenvalue weighted by Crippen LogP contribution is 2.31. The van der Waals surface area contributed by atoms with Crippen LogP contribution in [0.5, 0.6) is 5.75 Å². The van der Waals surface area contributed by atoms with Gasteiger partial charge in [0, 0.05) is 11.6 Å². The Kier molecular flexibility index (Phi) is 6.50. The van der Waals surface area contributed by atoms with Gasteiger partial charge in [0.15, 0.2) is 5.17 Å². The van der Waals surface area contributed by atoms with Gasteiger partial charge >= 0.3 is 0 Å². The number of aromatic nitrogens is 1. The van der Waals surface area contributed by atoms with E-state index in [2.05, 4.69) is 21.4 Å².